The third kappa shape index (κ3) is 7.76. The number of thioether (sulfide) groups is 1. The molecule has 0 bridgehead atoms. The van der Waals surface area contributed by atoms with E-state index in [9.17, 15) is 9.59 Å². The second-order valence-corrected chi connectivity index (χ2v) is 11.2. The van der Waals surface area contributed by atoms with Crippen LogP contribution in [0.2, 0.25) is 5.02 Å². The van der Waals surface area contributed by atoms with Gasteiger partial charge in [0, 0.05) is 61.7 Å². The highest BCUT2D eigenvalue weighted by Crippen LogP contribution is 2.49. The van der Waals surface area contributed by atoms with Crippen molar-refractivity contribution in [3.05, 3.63) is 46.7 Å². The van der Waals surface area contributed by atoms with E-state index in [0.29, 0.717) is 30.8 Å². The van der Waals surface area contributed by atoms with Gasteiger partial charge >= 0.3 is 5.97 Å². The molecule has 1 aliphatic heterocycles. The lowest BCUT2D eigenvalue weighted by atomic mass is 9.93. The fourth-order valence-corrected chi connectivity index (χ4v) is 6.24. The average molecular weight is 567 g/mol. The van der Waals surface area contributed by atoms with Gasteiger partial charge in [0.2, 0.25) is 5.91 Å². The topological polar surface area (TPSA) is 77.5 Å². The molecule has 0 N–H and O–H groups in total. The van der Waals surface area contributed by atoms with Crippen molar-refractivity contribution in [1.82, 2.24) is 4.90 Å². The van der Waals surface area contributed by atoms with E-state index in [1.54, 1.807) is 36.8 Å². The maximum absolute atomic E-state index is 12.7. The van der Waals surface area contributed by atoms with Gasteiger partial charge in [0.05, 0.1) is 18.4 Å². The Morgan fingerprint density at radius 2 is 1.92 bits per heavy atom. The summed E-state index contributed by atoms with van der Waals surface area (Å²) in [7, 11) is 3.17. The number of benzene rings is 1. The van der Waals surface area contributed by atoms with Crippen molar-refractivity contribution in [3.8, 4) is 0 Å². The van der Waals surface area contributed by atoms with Crippen molar-refractivity contribution in [2.24, 2.45) is 5.92 Å². The number of methoxy groups -OCH3 is 2. The Kier molecular flexibility index (Phi) is 11.5. The standard InChI is InChI=1S/C28H39ClN2O6S/c1-18(2)30(11-13-37-27(33)17-34-5)10-7-12-36-25-14-19(3)24(35-6)16-22(25)28-31(20(4)32)23-9-8-21(29)15-26(23)38-28/h8-9,14-16,18-19,24,28H,7,10-13,17H2,1-6H3. The number of hydrogen-bond acceptors (Lipinski definition) is 8. The first-order valence-corrected chi connectivity index (χ1v) is 14.2. The van der Waals surface area contributed by atoms with Crippen LogP contribution in [-0.2, 0) is 28.5 Å². The Balaban J connectivity index is 1.67. The monoisotopic (exact) mass is 566 g/mol. The van der Waals surface area contributed by atoms with E-state index in [1.807, 2.05) is 12.1 Å². The molecule has 8 nitrogen and oxygen atoms in total. The molecule has 0 radical (unpaired) electrons. The van der Waals surface area contributed by atoms with Crippen LogP contribution in [0.4, 0.5) is 5.69 Å². The molecular weight excluding hydrogens is 528 g/mol. The van der Waals surface area contributed by atoms with Crippen LogP contribution in [0, 0.1) is 5.92 Å². The maximum Gasteiger partial charge on any atom is 0.332 e. The van der Waals surface area contributed by atoms with E-state index in [2.05, 4.69) is 37.8 Å². The SMILES string of the molecule is COCC(=O)OCCN(CCCOC1=CC(C)C(OC)C=C1C1Sc2cc(Cl)ccc2N1C(C)=O)C(C)C. The fourth-order valence-electron chi connectivity index (χ4n) is 4.59. The van der Waals surface area contributed by atoms with E-state index < -0.39 is 0 Å². The molecular formula is C28H39ClN2O6S. The summed E-state index contributed by atoms with van der Waals surface area (Å²) in [5.41, 5.74) is 1.77. The Hall–Kier alpha value is -2.04. The second kappa shape index (κ2) is 14.4. The normalized spacial score (nSPS) is 20.9. The largest absolute Gasteiger partial charge is 0.493 e. The molecule has 0 saturated heterocycles. The summed E-state index contributed by atoms with van der Waals surface area (Å²) in [5, 5.41) is 0.364. The lowest BCUT2D eigenvalue weighted by Gasteiger charge is -2.32. The van der Waals surface area contributed by atoms with E-state index in [0.717, 1.165) is 34.9 Å². The maximum atomic E-state index is 12.7. The van der Waals surface area contributed by atoms with Gasteiger partial charge in [-0.25, -0.2) is 4.79 Å². The molecule has 3 rings (SSSR count). The summed E-state index contributed by atoms with van der Waals surface area (Å²) in [4.78, 5) is 29.3. The van der Waals surface area contributed by atoms with Crippen molar-refractivity contribution >= 4 is 40.9 Å². The molecule has 3 unspecified atom stereocenters. The van der Waals surface area contributed by atoms with Gasteiger partial charge in [-0.2, -0.15) is 0 Å². The highest BCUT2D eigenvalue weighted by atomic mass is 35.5. The highest BCUT2D eigenvalue weighted by molar-refractivity contribution is 8.00. The highest BCUT2D eigenvalue weighted by Gasteiger charge is 2.39. The molecule has 210 valence electrons. The second-order valence-electron chi connectivity index (χ2n) is 9.67. The Morgan fingerprint density at radius 3 is 2.58 bits per heavy atom. The van der Waals surface area contributed by atoms with Crippen molar-refractivity contribution < 1.29 is 28.5 Å². The van der Waals surface area contributed by atoms with E-state index >= 15 is 0 Å². The fraction of sp³-hybridized carbons (Fsp3) is 0.571. The predicted molar refractivity (Wildman–Crippen MR) is 150 cm³/mol. The minimum atomic E-state index is -0.361. The van der Waals surface area contributed by atoms with Gasteiger partial charge in [0.1, 0.15) is 24.3 Å². The summed E-state index contributed by atoms with van der Waals surface area (Å²) in [6.45, 7) is 10.1. The zero-order chi connectivity index (χ0) is 27.8. The summed E-state index contributed by atoms with van der Waals surface area (Å²) in [5.74, 6) is 0.496. The molecule has 0 aromatic heterocycles. The minimum Gasteiger partial charge on any atom is -0.493 e. The number of nitrogens with zero attached hydrogens (tertiary/aromatic N) is 2. The third-order valence-electron chi connectivity index (χ3n) is 6.57. The molecule has 10 heteroatoms. The van der Waals surface area contributed by atoms with Crippen LogP contribution in [0.3, 0.4) is 0 Å². The van der Waals surface area contributed by atoms with Gasteiger partial charge in [-0.15, -0.1) is 0 Å². The smallest absolute Gasteiger partial charge is 0.332 e. The number of esters is 1. The Bertz CT molecular complexity index is 1050. The third-order valence-corrected chi connectivity index (χ3v) is 8.08. The number of hydrogen-bond donors (Lipinski definition) is 0. The molecule has 1 aromatic rings. The van der Waals surface area contributed by atoms with E-state index in [4.69, 9.17) is 30.5 Å². The molecule has 0 saturated carbocycles. The summed E-state index contributed by atoms with van der Waals surface area (Å²) >= 11 is 7.84. The average Bonchev–Trinajstić information content (AvgIpc) is 3.24. The predicted octanol–water partition coefficient (Wildman–Crippen LogP) is 4.91. The molecule has 0 spiro atoms. The Morgan fingerprint density at radius 1 is 1.16 bits per heavy atom. The van der Waals surface area contributed by atoms with E-state index in [1.165, 1.54) is 7.11 Å². The number of halogens is 1. The molecule has 0 fully saturated rings. The molecule has 1 aliphatic carbocycles. The number of amides is 1. The Labute approximate surface area is 235 Å². The van der Waals surface area contributed by atoms with Crippen molar-refractivity contribution in [1.29, 1.82) is 0 Å². The quantitative estimate of drug-likeness (QED) is 0.246. The number of fused-ring (bicyclic) bond motifs is 1. The van der Waals surface area contributed by atoms with Gasteiger partial charge in [0.15, 0.2) is 0 Å². The van der Waals surface area contributed by atoms with E-state index in [-0.39, 0.29) is 35.9 Å². The van der Waals surface area contributed by atoms with Crippen LogP contribution in [0.5, 0.6) is 0 Å². The van der Waals surface area contributed by atoms with Crippen LogP contribution in [0.25, 0.3) is 0 Å². The molecule has 3 atom stereocenters. The van der Waals surface area contributed by atoms with Crippen LogP contribution < -0.4 is 4.90 Å². The lowest BCUT2D eigenvalue weighted by Crippen LogP contribution is -2.38. The first-order valence-electron chi connectivity index (χ1n) is 12.9. The zero-order valence-corrected chi connectivity index (χ0v) is 24.6. The number of ether oxygens (including phenoxy) is 4. The summed E-state index contributed by atoms with van der Waals surface area (Å²) in [6.07, 6.45) is 4.85. The lowest BCUT2D eigenvalue weighted by molar-refractivity contribution is -0.148. The number of rotatable bonds is 13. The van der Waals surface area contributed by atoms with Crippen molar-refractivity contribution in [2.45, 2.75) is 56.5 Å². The van der Waals surface area contributed by atoms with Crippen LogP contribution in [0.15, 0.2) is 46.6 Å². The molecule has 2 aliphatic rings. The minimum absolute atomic E-state index is 0.0404. The first-order chi connectivity index (χ1) is 18.2. The van der Waals surface area contributed by atoms with Crippen LogP contribution in [0.1, 0.15) is 34.1 Å². The van der Waals surface area contributed by atoms with Crippen molar-refractivity contribution in [3.63, 3.8) is 0 Å². The van der Waals surface area contributed by atoms with Crippen LogP contribution in [-0.4, -0.2) is 81.4 Å². The van der Waals surface area contributed by atoms with Gasteiger partial charge in [-0.05, 0) is 50.6 Å². The summed E-state index contributed by atoms with van der Waals surface area (Å²) < 4.78 is 22.1. The van der Waals surface area contributed by atoms with Crippen molar-refractivity contribution in [2.75, 3.05) is 52.0 Å². The van der Waals surface area contributed by atoms with Crippen LogP contribution >= 0.6 is 23.4 Å². The molecule has 38 heavy (non-hydrogen) atoms. The van der Waals surface area contributed by atoms with Gasteiger partial charge < -0.3 is 18.9 Å². The summed E-state index contributed by atoms with van der Waals surface area (Å²) in [6, 6.07) is 5.89. The number of carbonyl (C=O) groups excluding carboxylic acids is 2. The van der Waals surface area contributed by atoms with Gasteiger partial charge in [-0.3, -0.25) is 14.6 Å². The van der Waals surface area contributed by atoms with Gasteiger partial charge in [-0.1, -0.05) is 30.3 Å². The molecule has 1 heterocycles. The first kappa shape index (κ1) is 30.5. The molecule has 1 amide bonds. The number of carbonyl (C=O) groups is 2. The number of anilines is 1. The molecule has 1 aromatic carbocycles. The van der Waals surface area contributed by atoms with Gasteiger partial charge in [0.25, 0.3) is 0 Å². The zero-order valence-electron chi connectivity index (χ0n) is 23.1.